The fourth-order valence-corrected chi connectivity index (χ4v) is 4.05. The third-order valence-corrected chi connectivity index (χ3v) is 6.54. The first-order valence-electron chi connectivity index (χ1n) is 11.3. The van der Waals surface area contributed by atoms with Crippen LogP contribution in [0.3, 0.4) is 0 Å². The van der Waals surface area contributed by atoms with Gasteiger partial charge in [-0.2, -0.15) is 23.1 Å². The molecule has 35 heavy (non-hydrogen) atoms. The summed E-state index contributed by atoms with van der Waals surface area (Å²) in [7, 11) is 0. The van der Waals surface area contributed by atoms with E-state index < -0.39 is 29.1 Å². The summed E-state index contributed by atoms with van der Waals surface area (Å²) in [5.41, 5.74) is -1.74. The number of rotatable bonds is 7. The summed E-state index contributed by atoms with van der Waals surface area (Å²) in [5, 5.41) is 14.0. The Morgan fingerprint density at radius 1 is 1.23 bits per heavy atom. The van der Waals surface area contributed by atoms with E-state index >= 15 is 0 Å². The minimum absolute atomic E-state index is 0.0883. The zero-order valence-electron chi connectivity index (χ0n) is 18.9. The number of hydrogen-bond acceptors (Lipinski definition) is 6. The monoisotopic (exact) mass is 481 g/mol. The Morgan fingerprint density at radius 3 is 2.54 bits per heavy atom. The number of amides is 1. The number of carbonyl (C=O) groups excluding carboxylic acids is 1. The zero-order valence-corrected chi connectivity index (χ0v) is 18.9. The smallest absolute Gasteiger partial charge is 0.328 e. The van der Waals surface area contributed by atoms with Crippen molar-refractivity contribution in [3.63, 3.8) is 0 Å². The van der Waals surface area contributed by atoms with Crippen LogP contribution in [-0.2, 0) is 11.6 Å². The summed E-state index contributed by atoms with van der Waals surface area (Å²) in [5.74, 6) is 0.375. The molecule has 0 spiro atoms. The van der Waals surface area contributed by atoms with Crippen LogP contribution < -0.4 is 0 Å². The number of aromatic nitrogens is 5. The normalized spacial score (nSPS) is 17.5. The van der Waals surface area contributed by atoms with E-state index in [1.807, 2.05) is 0 Å². The number of benzene rings is 1. The number of hydrogen-bond donors (Lipinski definition) is 0. The molecular formula is C24H22F3N7O. The van der Waals surface area contributed by atoms with Crippen LogP contribution in [0.25, 0.3) is 5.95 Å². The molecule has 2 heterocycles. The summed E-state index contributed by atoms with van der Waals surface area (Å²) in [4.78, 5) is 27.7. The van der Waals surface area contributed by atoms with Crippen LogP contribution in [0.2, 0.25) is 0 Å². The van der Waals surface area contributed by atoms with Gasteiger partial charge in [0.05, 0.1) is 23.1 Å². The van der Waals surface area contributed by atoms with E-state index in [2.05, 4.69) is 26.1 Å². The highest BCUT2D eigenvalue weighted by Crippen LogP contribution is 2.49. The molecule has 2 aromatic heterocycles. The number of nitrogens with zero attached hydrogens (tertiary/aromatic N) is 7. The molecule has 1 amide bonds. The van der Waals surface area contributed by atoms with E-state index in [-0.39, 0.29) is 17.0 Å². The van der Waals surface area contributed by atoms with Crippen molar-refractivity contribution in [3.05, 3.63) is 65.5 Å². The van der Waals surface area contributed by atoms with Crippen LogP contribution in [-0.4, -0.2) is 42.1 Å². The van der Waals surface area contributed by atoms with Gasteiger partial charge in [-0.3, -0.25) is 4.79 Å². The maximum Gasteiger partial charge on any atom is 0.416 e. The fraction of sp³-hybridized carbons (Fsp3) is 0.417. The van der Waals surface area contributed by atoms with Gasteiger partial charge in [0.2, 0.25) is 0 Å². The van der Waals surface area contributed by atoms with E-state index in [1.54, 1.807) is 25.4 Å². The van der Waals surface area contributed by atoms with Crippen molar-refractivity contribution in [2.45, 2.75) is 50.2 Å². The van der Waals surface area contributed by atoms with Crippen molar-refractivity contribution < 1.29 is 18.0 Å². The van der Waals surface area contributed by atoms with Crippen molar-refractivity contribution in [1.29, 1.82) is 5.26 Å². The van der Waals surface area contributed by atoms with Crippen LogP contribution in [0.5, 0.6) is 0 Å². The van der Waals surface area contributed by atoms with E-state index in [1.165, 1.54) is 22.0 Å². The van der Waals surface area contributed by atoms with Gasteiger partial charge in [0.1, 0.15) is 6.33 Å². The molecule has 180 valence electrons. The number of halogens is 3. The molecule has 2 fully saturated rings. The second-order valence-corrected chi connectivity index (χ2v) is 9.16. The molecule has 0 aliphatic heterocycles. The average molecular weight is 481 g/mol. The molecule has 0 N–H and O–H groups in total. The molecule has 11 heteroatoms. The molecule has 3 aromatic rings. The van der Waals surface area contributed by atoms with Crippen molar-refractivity contribution in [2.24, 2.45) is 5.92 Å². The quantitative estimate of drug-likeness (QED) is 0.500. The van der Waals surface area contributed by atoms with Crippen LogP contribution in [0.4, 0.5) is 13.2 Å². The Morgan fingerprint density at radius 2 is 1.94 bits per heavy atom. The zero-order chi connectivity index (χ0) is 24.8. The lowest BCUT2D eigenvalue weighted by atomic mass is 9.93. The van der Waals surface area contributed by atoms with Gasteiger partial charge < -0.3 is 4.90 Å². The first-order valence-corrected chi connectivity index (χ1v) is 11.3. The van der Waals surface area contributed by atoms with Crippen LogP contribution in [0.1, 0.15) is 66.0 Å². The highest BCUT2D eigenvalue weighted by Gasteiger charge is 2.47. The molecule has 2 saturated carbocycles. The van der Waals surface area contributed by atoms with Crippen molar-refractivity contribution >= 4 is 5.91 Å². The Bertz CT molecular complexity index is 1290. The third kappa shape index (κ3) is 4.60. The van der Waals surface area contributed by atoms with Crippen molar-refractivity contribution in [2.75, 3.05) is 6.54 Å². The lowest BCUT2D eigenvalue weighted by molar-refractivity contribution is -0.137. The highest BCUT2D eigenvalue weighted by molar-refractivity contribution is 5.95. The van der Waals surface area contributed by atoms with E-state index in [0.29, 0.717) is 31.2 Å². The lowest BCUT2D eigenvalue weighted by Gasteiger charge is -2.28. The van der Waals surface area contributed by atoms with Gasteiger partial charge in [0, 0.05) is 24.5 Å². The molecule has 0 bridgehead atoms. The summed E-state index contributed by atoms with van der Waals surface area (Å²) in [6.07, 6.45) is 2.77. The van der Waals surface area contributed by atoms with Gasteiger partial charge >= 0.3 is 6.18 Å². The third-order valence-electron chi connectivity index (χ3n) is 6.54. The van der Waals surface area contributed by atoms with E-state index in [4.69, 9.17) is 0 Å². The van der Waals surface area contributed by atoms with E-state index in [9.17, 15) is 23.2 Å². The second-order valence-electron chi connectivity index (χ2n) is 9.16. The molecule has 2 aliphatic rings. The molecule has 5 rings (SSSR count). The second kappa shape index (κ2) is 8.45. The molecular weight excluding hydrogens is 459 g/mol. The molecule has 8 nitrogen and oxygen atoms in total. The van der Waals surface area contributed by atoms with Crippen LogP contribution in [0, 0.1) is 17.2 Å². The summed E-state index contributed by atoms with van der Waals surface area (Å²) >= 11 is 0. The molecule has 0 saturated heterocycles. The lowest BCUT2D eigenvalue weighted by Crippen LogP contribution is -2.36. The summed E-state index contributed by atoms with van der Waals surface area (Å²) in [6, 6.07) is 6.49. The average Bonchev–Trinajstić information content (AvgIpc) is 3.79. The van der Waals surface area contributed by atoms with Gasteiger partial charge in [-0.1, -0.05) is 0 Å². The van der Waals surface area contributed by atoms with Crippen molar-refractivity contribution in [3.8, 4) is 12.0 Å². The van der Waals surface area contributed by atoms with E-state index in [0.717, 1.165) is 25.0 Å². The number of carbonyl (C=O) groups is 1. The Labute approximate surface area is 199 Å². The predicted molar refractivity (Wildman–Crippen MR) is 117 cm³/mol. The predicted octanol–water partition coefficient (Wildman–Crippen LogP) is 4.24. The highest BCUT2D eigenvalue weighted by atomic mass is 19.4. The Hall–Kier alpha value is -3.81. The first kappa shape index (κ1) is 23.0. The fourth-order valence-electron chi connectivity index (χ4n) is 4.05. The number of nitriles is 1. The topological polar surface area (TPSA) is 101 Å². The largest absolute Gasteiger partial charge is 0.416 e. The molecule has 1 unspecified atom stereocenters. The summed E-state index contributed by atoms with van der Waals surface area (Å²) in [6.45, 7) is 2.13. The maximum absolute atomic E-state index is 13.7. The Balaban J connectivity index is 1.49. The van der Waals surface area contributed by atoms with Gasteiger partial charge in [0.15, 0.2) is 5.82 Å². The van der Waals surface area contributed by atoms with Gasteiger partial charge in [0.25, 0.3) is 11.9 Å². The maximum atomic E-state index is 13.7. The SMILES string of the molecule is CC(c1ncn(-c2ncccn2)n1)N(CC1CC1)C(=O)c1cc(C(F)(F)F)cc(C2(C#N)CC2)c1. The minimum atomic E-state index is -4.64. The standard InChI is InChI=1S/C24H22F3N7O/c1-15(20-31-14-34(32-20)22-29-7-2-8-30-22)33(12-16-3-4-16)21(35)17-9-18(23(13-28)5-6-23)11-19(10-17)24(25,26)27/h2,7-11,14-16H,3-6,12H2,1H3. The minimum Gasteiger partial charge on any atom is -0.328 e. The Kier molecular flexibility index (Phi) is 5.54. The van der Waals surface area contributed by atoms with Crippen molar-refractivity contribution in [1.82, 2.24) is 29.6 Å². The van der Waals surface area contributed by atoms with Gasteiger partial charge in [-0.05, 0) is 68.4 Å². The molecule has 1 aromatic carbocycles. The molecule has 1 atom stereocenters. The van der Waals surface area contributed by atoms with Gasteiger partial charge in [-0.25, -0.2) is 15.0 Å². The van der Waals surface area contributed by atoms with Gasteiger partial charge in [-0.15, -0.1) is 5.10 Å². The summed E-state index contributed by atoms with van der Waals surface area (Å²) < 4.78 is 42.5. The molecule has 2 aliphatic carbocycles. The number of alkyl halides is 3. The van der Waals surface area contributed by atoms with Crippen LogP contribution >= 0.6 is 0 Å². The van der Waals surface area contributed by atoms with Crippen LogP contribution in [0.15, 0.2) is 43.0 Å². The molecule has 0 radical (unpaired) electrons. The first-order chi connectivity index (χ1) is 16.7.